The van der Waals surface area contributed by atoms with Crippen LogP contribution in [0.5, 0.6) is 0 Å². The summed E-state index contributed by atoms with van der Waals surface area (Å²) >= 11 is 6.31. The zero-order chi connectivity index (χ0) is 23.0. The fourth-order valence-corrected chi connectivity index (χ4v) is 4.79. The number of amides is 1. The summed E-state index contributed by atoms with van der Waals surface area (Å²) < 4.78 is 0. The Labute approximate surface area is 188 Å². The zero-order valence-corrected chi connectivity index (χ0v) is 18.1. The molecule has 166 valence electrons. The number of nitrogens with zero attached hydrogens (tertiary/aromatic N) is 4. The largest absolute Gasteiger partial charge is 0.339 e. The lowest BCUT2D eigenvalue weighted by molar-refractivity contribution is -0.384. The quantitative estimate of drug-likeness (QED) is 0.530. The fourth-order valence-electron chi connectivity index (χ4n) is 4.56. The van der Waals surface area contributed by atoms with Gasteiger partial charge in [0.2, 0.25) is 11.9 Å². The van der Waals surface area contributed by atoms with Crippen molar-refractivity contribution >= 4 is 35.0 Å². The van der Waals surface area contributed by atoms with E-state index in [0.717, 1.165) is 32.2 Å². The molecule has 1 fully saturated rings. The van der Waals surface area contributed by atoms with Gasteiger partial charge in [-0.1, -0.05) is 18.5 Å². The molecular formula is C21H21ClN6O4. The second kappa shape index (κ2) is 8.59. The van der Waals surface area contributed by atoms with Crippen molar-refractivity contribution in [2.45, 2.75) is 44.6 Å². The molecular weight excluding hydrogens is 436 g/mol. The zero-order valence-electron chi connectivity index (χ0n) is 17.3. The Hall–Kier alpha value is -3.45. The van der Waals surface area contributed by atoms with E-state index in [4.69, 9.17) is 11.6 Å². The monoisotopic (exact) mass is 456 g/mol. The van der Waals surface area contributed by atoms with Crippen molar-refractivity contribution in [3.8, 4) is 6.07 Å². The minimum absolute atomic E-state index is 0.0493. The molecule has 0 bridgehead atoms. The van der Waals surface area contributed by atoms with Gasteiger partial charge in [-0.05, 0) is 37.3 Å². The molecule has 2 aromatic rings. The molecule has 2 aliphatic heterocycles. The average molecular weight is 457 g/mol. The van der Waals surface area contributed by atoms with Gasteiger partial charge in [0.25, 0.3) is 11.2 Å². The number of piperidine rings is 1. The molecule has 1 saturated heterocycles. The number of H-pyrrole nitrogens is 1. The predicted molar refractivity (Wildman–Crippen MR) is 118 cm³/mol. The summed E-state index contributed by atoms with van der Waals surface area (Å²) in [6, 6.07) is 5.88. The van der Waals surface area contributed by atoms with Crippen LogP contribution in [0.4, 0.5) is 17.5 Å². The number of aromatic nitrogens is 2. The highest BCUT2D eigenvalue weighted by Crippen LogP contribution is 2.42. The van der Waals surface area contributed by atoms with Gasteiger partial charge < -0.3 is 10.2 Å². The number of aromatic amines is 1. The van der Waals surface area contributed by atoms with Gasteiger partial charge in [-0.2, -0.15) is 10.2 Å². The Morgan fingerprint density at radius 3 is 2.84 bits per heavy atom. The van der Waals surface area contributed by atoms with E-state index in [1.54, 1.807) is 0 Å². The standard InChI is InChI=1S/C21H21ClN6O4/c1-2-11-5-3-4-8-27(11)21-25-18-17(20(30)26-21)16(14(10-23)19(29)24-18)13-9-12(28(31)32)6-7-15(13)22/h6-7,9,11,14,16H,2-5,8H2,1H3,(H2,24,25,26,29,30). The predicted octanol–water partition coefficient (Wildman–Crippen LogP) is 3.32. The molecule has 0 spiro atoms. The van der Waals surface area contributed by atoms with Crippen molar-refractivity contribution in [1.82, 2.24) is 9.97 Å². The van der Waals surface area contributed by atoms with E-state index >= 15 is 0 Å². The van der Waals surface area contributed by atoms with Crippen LogP contribution in [0.2, 0.25) is 5.02 Å². The molecule has 2 aliphatic rings. The number of nitro groups is 1. The maximum absolute atomic E-state index is 13.2. The van der Waals surface area contributed by atoms with E-state index in [1.807, 2.05) is 11.0 Å². The minimum atomic E-state index is -1.30. The number of nitriles is 1. The summed E-state index contributed by atoms with van der Waals surface area (Å²) in [6.45, 7) is 2.80. The van der Waals surface area contributed by atoms with Crippen molar-refractivity contribution in [2.75, 3.05) is 16.8 Å². The second-order valence-electron chi connectivity index (χ2n) is 7.94. The first kappa shape index (κ1) is 21.8. The van der Waals surface area contributed by atoms with Gasteiger partial charge in [0.15, 0.2) is 0 Å². The van der Waals surface area contributed by atoms with Crippen molar-refractivity contribution in [3.63, 3.8) is 0 Å². The van der Waals surface area contributed by atoms with Crippen molar-refractivity contribution in [1.29, 1.82) is 5.26 Å². The lowest BCUT2D eigenvalue weighted by Crippen LogP contribution is -2.43. The lowest BCUT2D eigenvalue weighted by Gasteiger charge is -2.36. The Bertz CT molecular complexity index is 1190. The molecule has 0 radical (unpaired) electrons. The number of fused-ring (bicyclic) bond motifs is 1. The molecule has 4 rings (SSSR count). The first-order chi connectivity index (χ1) is 15.3. The maximum atomic E-state index is 13.2. The summed E-state index contributed by atoms with van der Waals surface area (Å²) in [6.07, 6.45) is 3.92. The van der Waals surface area contributed by atoms with Crippen LogP contribution in [-0.2, 0) is 4.79 Å². The highest BCUT2D eigenvalue weighted by molar-refractivity contribution is 6.31. The van der Waals surface area contributed by atoms with E-state index in [2.05, 4.69) is 22.2 Å². The van der Waals surface area contributed by atoms with E-state index in [1.165, 1.54) is 18.2 Å². The van der Waals surface area contributed by atoms with Crippen LogP contribution in [0.1, 0.15) is 49.7 Å². The van der Waals surface area contributed by atoms with Crippen LogP contribution < -0.4 is 15.8 Å². The molecule has 1 aromatic heterocycles. The molecule has 32 heavy (non-hydrogen) atoms. The van der Waals surface area contributed by atoms with E-state index in [9.17, 15) is 25.0 Å². The first-order valence-electron chi connectivity index (χ1n) is 10.4. The molecule has 0 aliphatic carbocycles. The third-order valence-corrected chi connectivity index (χ3v) is 6.49. The number of nitro benzene ring substituents is 1. The van der Waals surface area contributed by atoms with Crippen molar-refractivity contribution in [3.05, 3.63) is 54.8 Å². The summed E-state index contributed by atoms with van der Waals surface area (Å²) in [5, 5.41) is 23.7. The number of halogens is 1. The third kappa shape index (κ3) is 3.69. The van der Waals surface area contributed by atoms with Gasteiger partial charge in [-0.15, -0.1) is 0 Å². The molecule has 3 atom stereocenters. The number of rotatable bonds is 4. The van der Waals surface area contributed by atoms with Gasteiger partial charge in [0, 0.05) is 35.7 Å². The SMILES string of the molecule is CCC1CCCCN1c1nc2c(c(=O)[nH]1)C(c1cc([N+](=O)[O-])ccc1Cl)C(C#N)C(=O)N2. The molecule has 3 heterocycles. The third-order valence-electron chi connectivity index (χ3n) is 6.15. The summed E-state index contributed by atoms with van der Waals surface area (Å²) in [5.41, 5.74) is -0.549. The Morgan fingerprint density at radius 1 is 1.38 bits per heavy atom. The highest BCUT2D eigenvalue weighted by atomic mass is 35.5. The minimum Gasteiger partial charge on any atom is -0.339 e. The number of nitrogens with one attached hydrogen (secondary N) is 2. The number of benzene rings is 1. The highest BCUT2D eigenvalue weighted by Gasteiger charge is 2.42. The second-order valence-corrected chi connectivity index (χ2v) is 8.35. The van der Waals surface area contributed by atoms with Crippen LogP contribution in [0.25, 0.3) is 0 Å². The van der Waals surface area contributed by atoms with Crippen molar-refractivity contribution in [2.24, 2.45) is 5.92 Å². The molecule has 2 N–H and O–H groups in total. The number of carbonyl (C=O) groups is 1. The number of carbonyl (C=O) groups excluding carboxylic acids is 1. The van der Waals surface area contributed by atoms with Crippen LogP contribution in [0, 0.1) is 27.4 Å². The number of non-ortho nitro benzene ring substituents is 1. The summed E-state index contributed by atoms with van der Waals surface area (Å²) in [4.78, 5) is 46.0. The first-order valence-corrected chi connectivity index (χ1v) is 10.8. The summed E-state index contributed by atoms with van der Waals surface area (Å²) in [7, 11) is 0. The van der Waals surface area contributed by atoms with Crippen LogP contribution in [0.15, 0.2) is 23.0 Å². The molecule has 1 amide bonds. The van der Waals surface area contributed by atoms with Gasteiger partial charge in [-0.25, -0.2) is 0 Å². The van der Waals surface area contributed by atoms with Gasteiger partial charge >= 0.3 is 0 Å². The lowest BCUT2D eigenvalue weighted by atomic mass is 9.79. The maximum Gasteiger partial charge on any atom is 0.269 e. The van der Waals surface area contributed by atoms with Crippen LogP contribution in [-0.4, -0.2) is 33.4 Å². The van der Waals surface area contributed by atoms with Crippen LogP contribution >= 0.6 is 11.6 Å². The Balaban J connectivity index is 1.89. The Kier molecular flexibility index (Phi) is 5.84. The molecule has 3 unspecified atom stereocenters. The smallest absolute Gasteiger partial charge is 0.269 e. The van der Waals surface area contributed by atoms with Gasteiger partial charge in [0.05, 0.1) is 16.6 Å². The molecule has 10 nitrogen and oxygen atoms in total. The molecule has 0 saturated carbocycles. The Morgan fingerprint density at radius 2 is 2.16 bits per heavy atom. The molecule has 11 heteroatoms. The number of hydrogen-bond donors (Lipinski definition) is 2. The summed E-state index contributed by atoms with van der Waals surface area (Å²) in [5.74, 6) is -2.62. The van der Waals surface area contributed by atoms with Crippen LogP contribution in [0.3, 0.4) is 0 Å². The van der Waals surface area contributed by atoms with Gasteiger partial charge in [0.1, 0.15) is 11.7 Å². The van der Waals surface area contributed by atoms with E-state index < -0.39 is 28.2 Å². The number of hydrogen-bond acceptors (Lipinski definition) is 7. The van der Waals surface area contributed by atoms with Crippen molar-refractivity contribution < 1.29 is 9.72 Å². The van der Waals surface area contributed by atoms with Gasteiger partial charge in [-0.3, -0.25) is 24.7 Å². The fraction of sp³-hybridized carbons (Fsp3) is 0.429. The average Bonchev–Trinajstić information content (AvgIpc) is 2.78. The van der Waals surface area contributed by atoms with E-state index in [0.29, 0.717) is 5.95 Å². The van der Waals surface area contributed by atoms with E-state index in [-0.39, 0.29) is 33.7 Å². The molecule has 1 aromatic carbocycles. The normalized spacial score (nSPS) is 22.6. The topological polar surface area (TPSA) is 145 Å². The number of anilines is 2.